The molecule has 1 atom stereocenters. The van der Waals surface area contributed by atoms with E-state index in [1.165, 1.54) is 21.5 Å². The number of rotatable bonds is 6. The van der Waals surface area contributed by atoms with Gasteiger partial charge in [0.25, 0.3) is 0 Å². The second-order valence-corrected chi connectivity index (χ2v) is 17.7. The molecular formula is C62H40N8. The van der Waals surface area contributed by atoms with E-state index in [4.69, 9.17) is 24.9 Å². The predicted octanol–water partition coefficient (Wildman–Crippen LogP) is 14.3. The maximum absolute atomic E-state index is 5.47. The van der Waals surface area contributed by atoms with Gasteiger partial charge in [-0.3, -0.25) is 4.57 Å². The molecule has 0 bridgehead atoms. The quantitative estimate of drug-likeness (QED) is 0.169. The van der Waals surface area contributed by atoms with E-state index < -0.39 is 6.17 Å². The van der Waals surface area contributed by atoms with Crippen LogP contribution in [0.3, 0.4) is 0 Å². The molecule has 10 aromatic carbocycles. The molecule has 328 valence electrons. The summed E-state index contributed by atoms with van der Waals surface area (Å²) >= 11 is 0. The molecule has 1 aliphatic heterocycles. The van der Waals surface area contributed by atoms with E-state index in [2.05, 4.69) is 166 Å². The topological polar surface area (TPSA) is 85.3 Å². The molecule has 0 saturated carbocycles. The number of nitrogens with one attached hydrogen (secondary N) is 1. The minimum atomic E-state index is -0.450. The SMILES string of the molecule is c1ccc(C2=NC(c3ccc4ccc5ccccc5c4c3)NC(n3c4ccccc4c4ccc5c6ccccc6n(-c6ccccc6-c6nc(-c7ccccc7)nc(-c7ccccc7)n6)c5c43)=N2)cc1. The van der Waals surface area contributed by atoms with Gasteiger partial charge in [-0.15, -0.1) is 0 Å². The van der Waals surface area contributed by atoms with E-state index in [1.807, 2.05) is 78.9 Å². The Morgan fingerprint density at radius 2 is 0.871 bits per heavy atom. The van der Waals surface area contributed by atoms with E-state index in [-0.39, 0.29) is 0 Å². The molecule has 0 fully saturated rings. The van der Waals surface area contributed by atoms with Crippen LogP contribution >= 0.6 is 0 Å². The summed E-state index contributed by atoms with van der Waals surface area (Å²) in [4.78, 5) is 26.4. The standard InChI is InChI=1S/C62H40N8/c1-4-19-41(20-5-1)57-63-58(42-21-6-2-7-22-42)66-61(65-57)50-28-14-17-31-54(50)69-52-29-15-12-26-46(52)48-36-37-49-47-27-13-16-30-53(47)70(56(49)55(48)69)62-67-59(43-23-8-3-9-24-43)64-60(68-62)44-35-34-40-33-32-39-18-10-11-25-45(39)51(40)38-44/h1-38,60H,(H,64,67,68). The van der Waals surface area contributed by atoms with E-state index in [1.54, 1.807) is 0 Å². The number of hydrogen-bond donors (Lipinski definition) is 1. The lowest BCUT2D eigenvalue weighted by atomic mass is 9.99. The van der Waals surface area contributed by atoms with Crippen molar-refractivity contribution in [1.29, 1.82) is 0 Å². The summed E-state index contributed by atoms with van der Waals surface area (Å²) in [7, 11) is 0. The summed E-state index contributed by atoms with van der Waals surface area (Å²) in [6, 6.07) is 80.5. The van der Waals surface area contributed by atoms with Crippen LogP contribution in [-0.2, 0) is 0 Å². The van der Waals surface area contributed by atoms with Crippen molar-refractivity contribution in [3.05, 3.63) is 242 Å². The van der Waals surface area contributed by atoms with Crippen LogP contribution in [0.1, 0.15) is 17.3 Å². The molecule has 70 heavy (non-hydrogen) atoms. The Hall–Kier alpha value is -9.53. The van der Waals surface area contributed by atoms with Gasteiger partial charge in [-0.1, -0.05) is 200 Å². The van der Waals surface area contributed by atoms with Gasteiger partial charge in [-0.25, -0.2) is 19.9 Å². The molecule has 1 N–H and O–H groups in total. The van der Waals surface area contributed by atoms with E-state index in [0.29, 0.717) is 29.3 Å². The van der Waals surface area contributed by atoms with E-state index >= 15 is 0 Å². The Morgan fingerprint density at radius 1 is 0.371 bits per heavy atom. The lowest BCUT2D eigenvalue weighted by Gasteiger charge is -2.25. The first-order valence-electron chi connectivity index (χ1n) is 23.5. The molecule has 0 radical (unpaired) electrons. The van der Waals surface area contributed by atoms with Gasteiger partial charge in [-0.05, 0) is 57.4 Å². The van der Waals surface area contributed by atoms with Gasteiger partial charge in [0, 0.05) is 43.8 Å². The molecule has 1 aliphatic rings. The zero-order valence-corrected chi connectivity index (χ0v) is 37.6. The Balaban J connectivity index is 1.04. The molecular weight excluding hydrogens is 857 g/mol. The monoisotopic (exact) mass is 896 g/mol. The van der Waals surface area contributed by atoms with Crippen molar-refractivity contribution in [1.82, 2.24) is 29.4 Å². The van der Waals surface area contributed by atoms with Crippen molar-refractivity contribution < 1.29 is 0 Å². The summed E-state index contributed by atoms with van der Waals surface area (Å²) in [5.41, 5.74) is 9.75. The maximum Gasteiger partial charge on any atom is 0.212 e. The lowest BCUT2D eigenvalue weighted by Crippen LogP contribution is -2.37. The van der Waals surface area contributed by atoms with Crippen LogP contribution in [-0.4, -0.2) is 35.9 Å². The van der Waals surface area contributed by atoms with Crippen molar-refractivity contribution in [2.75, 3.05) is 0 Å². The van der Waals surface area contributed by atoms with Crippen LogP contribution in [0.5, 0.6) is 0 Å². The molecule has 13 aromatic rings. The smallest absolute Gasteiger partial charge is 0.212 e. The first-order chi connectivity index (χ1) is 34.7. The van der Waals surface area contributed by atoms with Crippen molar-refractivity contribution in [3.8, 4) is 39.9 Å². The second kappa shape index (κ2) is 16.1. The molecule has 0 saturated heterocycles. The normalized spacial score (nSPS) is 13.9. The van der Waals surface area contributed by atoms with Crippen molar-refractivity contribution in [2.45, 2.75) is 6.17 Å². The highest BCUT2D eigenvalue weighted by Gasteiger charge is 2.28. The molecule has 8 heteroatoms. The Bertz CT molecular complexity index is 4210. The molecule has 8 nitrogen and oxygen atoms in total. The second-order valence-electron chi connectivity index (χ2n) is 17.7. The van der Waals surface area contributed by atoms with Crippen LogP contribution in [0.4, 0.5) is 0 Å². The third-order valence-electron chi connectivity index (χ3n) is 13.6. The molecule has 0 spiro atoms. The minimum Gasteiger partial charge on any atom is -0.330 e. The number of aromatic nitrogens is 5. The number of hydrogen-bond acceptors (Lipinski definition) is 6. The number of benzene rings is 10. The Kier molecular flexibility index (Phi) is 9.10. The third kappa shape index (κ3) is 6.42. The van der Waals surface area contributed by atoms with Gasteiger partial charge in [0.05, 0.1) is 27.8 Å². The molecule has 0 amide bonds. The van der Waals surface area contributed by atoms with Crippen LogP contribution < -0.4 is 5.32 Å². The highest BCUT2D eigenvalue weighted by molar-refractivity contribution is 6.26. The highest BCUT2D eigenvalue weighted by atomic mass is 15.3. The first kappa shape index (κ1) is 39.6. The average molecular weight is 897 g/mol. The molecule has 14 rings (SSSR count). The summed E-state index contributed by atoms with van der Waals surface area (Å²) < 4.78 is 4.71. The number of amidine groups is 1. The van der Waals surface area contributed by atoms with Crippen LogP contribution in [0.25, 0.3) is 105 Å². The van der Waals surface area contributed by atoms with Crippen molar-refractivity contribution >= 4 is 77.0 Å². The summed E-state index contributed by atoms with van der Waals surface area (Å²) in [6.07, 6.45) is -0.450. The van der Waals surface area contributed by atoms with Gasteiger partial charge in [-0.2, -0.15) is 4.99 Å². The van der Waals surface area contributed by atoms with Crippen LogP contribution in [0.2, 0.25) is 0 Å². The van der Waals surface area contributed by atoms with Gasteiger partial charge in [0.15, 0.2) is 23.3 Å². The number of aliphatic imine (C=N–C) groups is 2. The van der Waals surface area contributed by atoms with Gasteiger partial charge >= 0.3 is 0 Å². The predicted molar refractivity (Wildman–Crippen MR) is 287 cm³/mol. The summed E-state index contributed by atoms with van der Waals surface area (Å²) in [6.45, 7) is 0. The molecule has 3 aromatic heterocycles. The number of para-hydroxylation sites is 3. The fraction of sp³-hybridized carbons (Fsp3) is 0.0161. The fourth-order valence-corrected chi connectivity index (χ4v) is 10.4. The fourth-order valence-electron chi connectivity index (χ4n) is 10.4. The lowest BCUT2D eigenvalue weighted by molar-refractivity contribution is 0.662. The molecule has 4 heterocycles. The van der Waals surface area contributed by atoms with Crippen LogP contribution in [0.15, 0.2) is 241 Å². The first-order valence-corrected chi connectivity index (χ1v) is 23.5. The Morgan fingerprint density at radius 3 is 1.54 bits per heavy atom. The summed E-state index contributed by atoms with van der Waals surface area (Å²) in [5.74, 6) is 3.12. The average Bonchev–Trinajstić information content (AvgIpc) is 3.97. The highest BCUT2D eigenvalue weighted by Crippen LogP contribution is 2.43. The number of nitrogens with zero attached hydrogens (tertiary/aromatic N) is 7. The summed E-state index contributed by atoms with van der Waals surface area (Å²) in [5, 5.41) is 13.1. The van der Waals surface area contributed by atoms with E-state index in [9.17, 15) is 0 Å². The van der Waals surface area contributed by atoms with E-state index in [0.717, 1.165) is 77.1 Å². The largest absolute Gasteiger partial charge is 0.330 e. The van der Waals surface area contributed by atoms with Gasteiger partial charge < -0.3 is 9.88 Å². The van der Waals surface area contributed by atoms with Crippen molar-refractivity contribution in [2.24, 2.45) is 9.98 Å². The van der Waals surface area contributed by atoms with Gasteiger partial charge in [0.2, 0.25) is 5.96 Å². The molecule has 0 aliphatic carbocycles. The van der Waals surface area contributed by atoms with Crippen LogP contribution in [0, 0.1) is 0 Å². The van der Waals surface area contributed by atoms with Gasteiger partial charge in [0.1, 0.15) is 6.17 Å². The number of fused-ring (bicyclic) bond motifs is 10. The van der Waals surface area contributed by atoms with Crippen molar-refractivity contribution in [3.63, 3.8) is 0 Å². The Labute approximate surface area is 402 Å². The minimum absolute atomic E-state index is 0.450. The third-order valence-corrected chi connectivity index (χ3v) is 13.6. The molecule has 1 unspecified atom stereocenters. The zero-order valence-electron chi connectivity index (χ0n) is 37.6. The zero-order chi connectivity index (χ0) is 46.1. The maximum atomic E-state index is 5.47.